The van der Waals surface area contributed by atoms with E-state index in [1.807, 2.05) is 6.92 Å². The molecule has 19 heavy (non-hydrogen) atoms. The third-order valence-electron chi connectivity index (χ3n) is 3.96. The van der Waals surface area contributed by atoms with Crippen molar-refractivity contribution in [1.29, 1.82) is 0 Å². The van der Waals surface area contributed by atoms with Crippen LogP contribution in [0.3, 0.4) is 0 Å². The fraction of sp³-hybridized carbons (Fsp3) is 0.867. The Hall–Kier alpha value is -0.420. The first-order valence-electron chi connectivity index (χ1n) is 7.03. The molecule has 1 fully saturated rings. The molecule has 0 aromatic rings. The van der Waals surface area contributed by atoms with Crippen molar-refractivity contribution < 1.29 is 20.1 Å². The van der Waals surface area contributed by atoms with Gasteiger partial charge in [-0.15, -0.1) is 0 Å². The summed E-state index contributed by atoms with van der Waals surface area (Å²) in [7, 11) is 0. The molecule has 3 atom stereocenters. The lowest BCUT2D eigenvalue weighted by molar-refractivity contribution is -0.210. The summed E-state index contributed by atoms with van der Waals surface area (Å²) in [6.45, 7) is 7.28. The van der Waals surface area contributed by atoms with Crippen LogP contribution >= 0.6 is 0 Å². The average Bonchev–Trinajstić information content (AvgIpc) is 2.25. The molecule has 0 spiro atoms. The van der Waals surface area contributed by atoms with E-state index in [0.717, 1.165) is 12.0 Å². The second-order valence-corrected chi connectivity index (χ2v) is 6.43. The number of ether oxygens (including phenoxy) is 1. The Balaban J connectivity index is 2.64. The van der Waals surface area contributed by atoms with Crippen molar-refractivity contribution >= 4 is 0 Å². The molecule has 1 aliphatic heterocycles. The summed E-state index contributed by atoms with van der Waals surface area (Å²) in [5.41, 5.74) is -0.640. The fourth-order valence-corrected chi connectivity index (χ4v) is 2.51. The highest BCUT2D eigenvalue weighted by molar-refractivity contribution is 5.00. The molecule has 1 saturated heterocycles. The van der Waals surface area contributed by atoms with Crippen LogP contribution in [0.1, 0.15) is 53.4 Å². The van der Waals surface area contributed by atoms with Crippen LogP contribution in [0.15, 0.2) is 11.6 Å². The molecular weight excluding hydrogens is 244 g/mol. The first-order valence-corrected chi connectivity index (χ1v) is 7.03. The quantitative estimate of drug-likeness (QED) is 0.667. The Morgan fingerprint density at radius 2 is 2.11 bits per heavy atom. The minimum absolute atomic E-state index is 0.0417. The van der Waals surface area contributed by atoms with Crippen molar-refractivity contribution in [1.82, 2.24) is 0 Å². The molecular formula is C15H28O4. The second-order valence-electron chi connectivity index (χ2n) is 6.43. The van der Waals surface area contributed by atoms with Gasteiger partial charge in [-0.05, 0) is 53.4 Å². The number of hydrogen-bond acceptors (Lipinski definition) is 4. The van der Waals surface area contributed by atoms with Crippen molar-refractivity contribution in [3.63, 3.8) is 0 Å². The molecule has 0 aromatic heterocycles. The van der Waals surface area contributed by atoms with Gasteiger partial charge in [0.05, 0.1) is 30.0 Å². The molecule has 0 amide bonds. The molecule has 1 rings (SSSR count). The van der Waals surface area contributed by atoms with Gasteiger partial charge in [-0.1, -0.05) is 11.6 Å². The molecule has 4 nitrogen and oxygen atoms in total. The van der Waals surface area contributed by atoms with E-state index >= 15 is 0 Å². The van der Waals surface area contributed by atoms with E-state index < -0.39 is 11.2 Å². The lowest BCUT2D eigenvalue weighted by atomic mass is 9.82. The van der Waals surface area contributed by atoms with Gasteiger partial charge in [-0.25, -0.2) is 0 Å². The van der Waals surface area contributed by atoms with Crippen LogP contribution in [-0.4, -0.2) is 45.3 Å². The molecule has 3 N–H and O–H groups in total. The highest BCUT2D eigenvalue weighted by Gasteiger charge is 2.43. The molecule has 1 heterocycles. The Morgan fingerprint density at radius 1 is 1.47 bits per heavy atom. The van der Waals surface area contributed by atoms with Crippen LogP contribution in [0.4, 0.5) is 0 Å². The van der Waals surface area contributed by atoms with Gasteiger partial charge >= 0.3 is 0 Å². The topological polar surface area (TPSA) is 69.9 Å². The highest BCUT2D eigenvalue weighted by Crippen LogP contribution is 2.35. The summed E-state index contributed by atoms with van der Waals surface area (Å²) in [6.07, 6.45) is 4.03. The van der Waals surface area contributed by atoms with Gasteiger partial charge in [0.25, 0.3) is 0 Å². The SMILES string of the molecule is C/C(=C\CO)CC[C@H]1O[C@@H](C(C)(C)O)CC[C@]1(C)O. The first-order chi connectivity index (χ1) is 8.66. The Labute approximate surface area is 116 Å². The molecule has 0 bridgehead atoms. The maximum atomic E-state index is 10.4. The summed E-state index contributed by atoms with van der Waals surface area (Å²) in [5, 5.41) is 29.3. The van der Waals surface area contributed by atoms with Crippen LogP contribution < -0.4 is 0 Å². The Morgan fingerprint density at radius 3 is 2.63 bits per heavy atom. The third-order valence-corrected chi connectivity index (χ3v) is 3.96. The zero-order valence-corrected chi connectivity index (χ0v) is 12.5. The number of rotatable bonds is 5. The van der Waals surface area contributed by atoms with E-state index in [0.29, 0.717) is 19.3 Å². The van der Waals surface area contributed by atoms with Crippen LogP contribution in [0.5, 0.6) is 0 Å². The third kappa shape index (κ3) is 4.88. The van der Waals surface area contributed by atoms with Gasteiger partial charge in [0.2, 0.25) is 0 Å². The second kappa shape index (κ2) is 6.35. The average molecular weight is 272 g/mol. The summed E-state index contributed by atoms with van der Waals surface area (Å²) in [4.78, 5) is 0. The van der Waals surface area contributed by atoms with Crippen LogP contribution in [0, 0.1) is 0 Å². The number of hydrogen-bond donors (Lipinski definition) is 3. The van der Waals surface area contributed by atoms with E-state index in [2.05, 4.69) is 0 Å². The fourth-order valence-electron chi connectivity index (χ4n) is 2.51. The number of aliphatic hydroxyl groups excluding tert-OH is 1. The van der Waals surface area contributed by atoms with Crippen LogP contribution in [0.2, 0.25) is 0 Å². The largest absolute Gasteiger partial charge is 0.392 e. The summed E-state index contributed by atoms with van der Waals surface area (Å²) >= 11 is 0. The van der Waals surface area contributed by atoms with Crippen molar-refractivity contribution in [2.75, 3.05) is 6.61 Å². The van der Waals surface area contributed by atoms with Crippen molar-refractivity contribution in [2.45, 2.75) is 76.8 Å². The Bertz CT molecular complexity index is 315. The van der Waals surface area contributed by atoms with Crippen molar-refractivity contribution in [3.05, 3.63) is 11.6 Å². The predicted molar refractivity (Wildman–Crippen MR) is 74.9 cm³/mol. The maximum absolute atomic E-state index is 10.4. The minimum Gasteiger partial charge on any atom is -0.392 e. The normalized spacial score (nSPS) is 33.5. The van der Waals surface area contributed by atoms with Crippen molar-refractivity contribution in [3.8, 4) is 0 Å². The zero-order chi connectivity index (χ0) is 14.7. The van der Waals surface area contributed by atoms with Gasteiger partial charge in [0.15, 0.2) is 0 Å². The van der Waals surface area contributed by atoms with E-state index in [-0.39, 0.29) is 18.8 Å². The van der Waals surface area contributed by atoms with Gasteiger partial charge in [-0.2, -0.15) is 0 Å². The first kappa shape index (κ1) is 16.6. The van der Waals surface area contributed by atoms with Gasteiger partial charge in [0, 0.05) is 0 Å². The molecule has 0 saturated carbocycles. The maximum Gasteiger partial charge on any atom is 0.0881 e. The van der Waals surface area contributed by atoms with E-state index in [9.17, 15) is 10.2 Å². The van der Waals surface area contributed by atoms with E-state index in [4.69, 9.17) is 9.84 Å². The smallest absolute Gasteiger partial charge is 0.0881 e. The number of allylic oxidation sites excluding steroid dienone is 1. The molecule has 0 radical (unpaired) electrons. The summed E-state index contributed by atoms with van der Waals surface area (Å²) in [6, 6.07) is 0. The van der Waals surface area contributed by atoms with E-state index in [1.54, 1.807) is 26.8 Å². The van der Waals surface area contributed by atoms with Gasteiger partial charge < -0.3 is 20.1 Å². The van der Waals surface area contributed by atoms with Crippen LogP contribution in [-0.2, 0) is 4.74 Å². The summed E-state index contributed by atoms with van der Waals surface area (Å²) < 4.78 is 5.90. The van der Waals surface area contributed by atoms with Crippen LogP contribution in [0.25, 0.3) is 0 Å². The standard InChI is InChI=1S/C15H28O4/c1-11(8-10-16)5-6-13-15(4,18)9-7-12(19-13)14(2,3)17/h8,12-13,16-18H,5-7,9-10H2,1-4H3/b11-8+/t12-,13-,15+/m1/s1. The Kier molecular flexibility index (Phi) is 5.56. The highest BCUT2D eigenvalue weighted by atomic mass is 16.5. The monoisotopic (exact) mass is 272 g/mol. The lowest BCUT2D eigenvalue weighted by Crippen LogP contribution is -2.53. The minimum atomic E-state index is -0.884. The molecule has 112 valence electrons. The summed E-state index contributed by atoms with van der Waals surface area (Å²) in [5.74, 6) is 0. The number of aliphatic hydroxyl groups is 3. The molecule has 0 unspecified atom stereocenters. The predicted octanol–water partition coefficient (Wildman–Crippen LogP) is 1.77. The zero-order valence-electron chi connectivity index (χ0n) is 12.5. The molecule has 0 aliphatic carbocycles. The molecule has 0 aromatic carbocycles. The van der Waals surface area contributed by atoms with E-state index in [1.165, 1.54) is 0 Å². The van der Waals surface area contributed by atoms with Crippen molar-refractivity contribution in [2.24, 2.45) is 0 Å². The van der Waals surface area contributed by atoms with Gasteiger partial charge in [0.1, 0.15) is 0 Å². The molecule has 4 heteroatoms. The van der Waals surface area contributed by atoms with Gasteiger partial charge in [-0.3, -0.25) is 0 Å². The molecule has 1 aliphatic rings. The lowest BCUT2D eigenvalue weighted by Gasteiger charge is -2.44.